The molecular weight excluding hydrogens is 318 g/mol. The van der Waals surface area contributed by atoms with Gasteiger partial charge in [0.25, 0.3) is 0 Å². The van der Waals surface area contributed by atoms with E-state index in [4.69, 9.17) is 4.74 Å². The Kier molecular flexibility index (Phi) is 4.59. The van der Waals surface area contributed by atoms with E-state index in [1.165, 1.54) is 16.7 Å². The fourth-order valence-electron chi connectivity index (χ4n) is 3.67. The van der Waals surface area contributed by atoms with E-state index in [-0.39, 0.29) is 5.92 Å². The van der Waals surface area contributed by atoms with Gasteiger partial charge in [0.05, 0.1) is 0 Å². The van der Waals surface area contributed by atoms with Crippen molar-refractivity contribution in [1.29, 1.82) is 0 Å². The van der Waals surface area contributed by atoms with Gasteiger partial charge in [-0.2, -0.15) is 0 Å². The lowest BCUT2D eigenvalue weighted by Gasteiger charge is -2.33. The van der Waals surface area contributed by atoms with Crippen molar-refractivity contribution in [2.24, 2.45) is 0 Å². The number of para-hydroxylation sites is 1. The van der Waals surface area contributed by atoms with Crippen molar-refractivity contribution in [2.75, 3.05) is 20.6 Å². The Morgan fingerprint density at radius 3 is 2.08 bits per heavy atom. The molecule has 130 valence electrons. The first kappa shape index (κ1) is 16.6. The molecule has 0 saturated carbocycles. The van der Waals surface area contributed by atoms with E-state index in [1.807, 2.05) is 12.1 Å². The van der Waals surface area contributed by atoms with Gasteiger partial charge in [-0.1, -0.05) is 78.9 Å². The Hall–Kier alpha value is -2.84. The third-order valence-electron chi connectivity index (χ3n) is 4.74. The van der Waals surface area contributed by atoms with Crippen molar-refractivity contribution in [1.82, 2.24) is 4.90 Å². The summed E-state index contributed by atoms with van der Waals surface area (Å²) in [6.07, 6.45) is 0. The summed E-state index contributed by atoms with van der Waals surface area (Å²) in [7, 11) is 4.22. The minimum atomic E-state index is 0.193. The summed E-state index contributed by atoms with van der Waals surface area (Å²) in [4.78, 5) is 2.21. The van der Waals surface area contributed by atoms with E-state index in [1.54, 1.807) is 0 Å². The Morgan fingerprint density at radius 2 is 1.38 bits per heavy atom. The van der Waals surface area contributed by atoms with Gasteiger partial charge in [0.1, 0.15) is 11.5 Å². The topological polar surface area (TPSA) is 12.5 Å². The molecular formula is C24H23NO. The Labute approximate surface area is 155 Å². The van der Waals surface area contributed by atoms with Gasteiger partial charge in [-0.3, -0.25) is 0 Å². The molecule has 0 fully saturated rings. The molecule has 1 aliphatic rings. The molecule has 1 atom stereocenters. The second-order valence-corrected chi connectivity index (χ2v) is 6.94. The third-order valence-corrected chi connectivity index (χ3v) is 4.74. The van der Waals surface area contributed by atoms with Gasteiger partial charge in [0, 0.05) is 23.6 Å². The maximum absolute atomic E-state index is 6.44. The van der Waals surface area contributed by atoms with Crippen molar-refractivity contribution < 1.29 is 4.74 Å². The van der Waals surface area contributed by atoms with Gasteiger partial charge >= 0.3 is 0 Å². The van der Waals surface area contributed by atoms with Crippen LogP contribution in [0.1, 0.15) is 22.6 Å². The highest BCUT2D eigenvalue weighted by atomic mass is 16.5. The summed E-state index contributed by atoms with van der Waals surface area (Å²) in [5, 5.41) is 0. The lowest BCUT2D eigenvalue weighted by atomic mass is 9.81. The summed E-state index contributed by atoms with van der Waals surface area (Å²) in [6, 6.07) is 29.5. The Balaban J connectivity index is 1.95. The highest BCUT2D eigenvalue weighted by Gasteiger charge is 2.31. The summed E-state index contributed by atoms with van der Waals surface area (Å²) in [5.74, 6) is 2.12. The molecule has 0 aromatic heterocycles. The summed E-state index contributed by atoms with van der Waals surface area (Å²) in [5.41, 5.74) is 4.95. The van der Waals surface area contributed by atoms with Crippen LogP contribution in [0.3, 0.4) is 0 Å². The van der Waals surface area contributed by atoms with E-state index in [0.29, 0.717) is 0 Å². The van der Waals surface area contributed by atoms with Gasteiger partial charge < -0.3 is 9.64 Å². The molecule has 0 amide bonds. The van der Waals surface area contributed by atoms with Crippen LogP contribution in [0.2, 0.25) is 0 Å². The van der Waals surface area contributed by atoms with E-state index in [0.717, 1.165) is 23.6 Å². The highest BCUT2D eigenvalue weighted by molar-refractivity contribution is 5.72. The zero-order chi connectivity index (χ0) is 17.9. The maximum atomic E-state index is 6.44. The molecule has 0 bridgehead atoms. The smallest absolute Gasteiger partial charge is 0.136 e. The zero-order valence-corrected chi connectivity index (χ0v) is 15.2. The van der Waals surface area contributed by atoms with Crippen LogP contribution in [0.25, 0.3) is 5.76 Å². The first-order valence-electron chi connectivity index (χ1n) is 8.99. The fraction of sp³-hybridized carbons (Fsp3) is 0.167. The number of benzene rings is 3. The minimum Gasteiger partial charge on any atom is -0.456 e. The van der Waals surface area contributed by atoms with Gasteiger partial charge in [0.2, 0.25) is 0 Å². The van der Waals surface area contributed by atoms with Gasteiger partial charge in [0.15, 0.2) is 0 Å². The maximum Gasteiger partial charge on any atom is 0.136 e. The number of ether oxygens (including phenoxy) is 1. The van der Waals surface area contributed by atoms with Crippen molar-refractivity contribution in [3.63, 3.8) is 0 Å². The highest BCUT2D eigenvalue weighted by Crippen LogP contribution is 2.45. The minimum absolute atomic E-state index is 0.193. The standard InChI is InChI=1S/C24H23NO/c1-25(2)17-21-23(18-11-5-3-6-12-18)20-15-9-10-16-22(20)26-24(21)19-13-7-4-8-14-19/h3-16,23H,17H2,1-2H3/t23-/m0/s1. The molecule has 4 rings (SSSR count). The summed E-state index contributed by atoms with van der Waals surface area (Å²) >= 11 is 0. The van der Waals surface area contributed by atoms with Crippen LogP contribution in [0.15, 0.2) is 90.5 Å². The average molecular weight is 341 g/mol. The second kappa shape index (κ2) is 7.19. The zero-order valence-electron chi connectivity index (χ0n) is 15.2. The molecule has 3 aromatic rings. The van der Waals surface area contributed by atoms with E-state index >= 15 is 0 Å². The third kappa shape index (κ3) is 3.16. The molecule has 0 unspecified atom stereocenters. The van der Waals surface area contributed by atoms with Crippen molar-refractivity contribution in [3.8, 4) is 5.75 Å². The van der Waals surface area contributed by atoms with Crippen LogP contribution < -0.4 is 4.74 Å². The largest absolute Gasteiger partial charge is 0.456 e. The Morgan fingerprint density at radius 1 is 0.769 bits per heavy atom. The van der Waals surface area contributed by atoms with Gasteiger partial charge in [-0.15, -0.1) is 0 Å². The molecule has 0 saturated heterocycles. The van der Waals surface area contributed by atoms with Crippen LogP contribution in [0.5, 0.6) is 5.75 Å². The molecule has 0 radical (unpaired) electrons. The predicted molar refractivity (Wildman–Crippen MR) is 107 cm³/mol. The SMILES string of the molecule is CN(C)CC1=C(c2ccccc2)Oc2ccccc2[C@@H]1c1ccccc1. The van der Waals surface area contributed by atoms with Crippen LogP contribution in [0, 0.1) is 0 Å². The molecule has 0 aliphatic carbocycles. The summed E-state index contributed by atoms with van der Waals surface area (Å²) < 4.78 is 6.44. The normalized spacial score (nSPS) is 16.3. The van der Waals surface area contributed by atoms with Crippen molar-refractivity contribution >= 4 is 5.76 Å². The molecule has 1 heterocycles. The fourth-order valence-corrected chi connectivity index (χ4v) is 3.67. The van der Waals surface area contributed by atoms with Crippen LogP contribution in [0.4, 0.5) is 0 Å². The molecule has 0 spiro atoms. The Bertz CT molecular complexity index is 913. The number of hydrogen-bond donors (Lipinski definition) is 0. The molecule has 0 N–H and O–H groups in total. The number of fused-ring (bicyclic) bond motifs is 1. The lowest BCUT2D eigenvalue weighted by molar-refractivity contribution is 0.415. The number of nitrogens with zero attached hydrogens (tertiary/aromatic N) is 1. The van der Waals surface area contributed by atoms with Gasteiger partial charge in [-0.25, -0.2) is 0 Å². The monoisotopic (exact) mass is 341 g/mol. The molecule has 1 aliphatic heterocycles. The molecule has 3 aromatic carbocycles. The molecule has 2 nitrogen and oxygen atoms in total. The first-order valence-corrected chi connectivity index (χ1v) is 8.99. The predicted octanol–water partition coefficient (Wildman–Crippen LogP) is 5.18. The molecule has 2 heteroatoms. The van der Waals surface area contributed by atoms with Crippen LogP contribution >= 0.6 is 0 Å². The average Bonchev–Trinajstić information content (AvgIpc) is 2.68. The number of rotatable bonds is 4. The number of likely N-dealkylation sites (N-methyl/N-ethyl adjacent to an activating group) is 1. The van der Waals surface area contributed by atoms with E-state index < -0.39 is 0 Å². The van der Waals surface area contributed by atoms with Crippen LogP contribution in [-0.2, 0) is 0 Å². The van der Waals surface area contributed by atoms with Crippen LogP contribution in [-0.4, -0.2) is 25.5 Å². The lowest BCUT2D eigenvalue weighted by Crippen LogP contribution is -2.25. The van der Waals surface area contributed by atoms with E-state index in [2.05, 4.69) is 91.8 Å². The van der Waals surface area contributed by atoms with Gasteiger partial charge in [-0.05, 0) is 31.3 Å². The first-order chi connectivity index (χ1) is 12.7. The molecule has 26 heavy (non-hydrogen) atoms. The van der Waals surface area contributed by atoms with E-state index in [9.17, 15) is 0 Å². The van der Waals surface area contributed by atoms with Crippen molar-refractivity contribution in [2.45, 2.75) is 5.92 Å². The van der Waals surface area contributed by atoms with Crippen molar-refractivity contribution in [3.05, 3.63) is 107 Å². The second-order valence-electron chi connectivity index (χ2n) is 6.94. The quantitative estimate of drug-likeness (QED) is 0.648. The summed E-state index contributed by atoms with van der Waals surface area (Å²) in [6.45, 7) is 0.845. The number of hydrogen-bond acceptors (Lipinski definition) is 2.